The molecule has 60 valence electrons. The Morgan fingerprint density at radius 3 is 2.36 bits per heavy atom. The maximum Gasteiger partial charge on any atom is 0.330 e. The topological polar surface area (TPSA) is 86.7 Å². The van der Waals surface area contributed by atoms with Gasteiger partial charge in [0.25, 0.3) is 11.8 Å². The molecule has 4 amide bonds. The lowest BCUT2D eigenvalue weighted by Crippen LogP contribution is -2.65. The van der Waals surface area contributed by atoms with Crippen molar-refractivity contribution in [1.82, 2.24) is 10.2 Å². The Labute approximate surface area is 61.8 Å². The third kappa shape index (κ3) is 0.874. The Bertz CT molecular complexity index is 210. The molecule has 0 radical (unpaired) electrons. The number of likely N-dealkylation sites (tertiary alicyclic amines) is 1. The van der Waals surface area contributed by atoms with Crippen LogP contribution >= 0.6 is 0 Å². The summed E-state index contributed by atoms with van der Waals surface area (Å²) < 4.78 is 0. The van der Waals surface area contributed by atoms with Gasteiger partial charge in [-0.1, -0.05) is 0 Å². The molecule has 0 saturated carbocycles. The zero-order valence-corrected chi connectivity index (χ0v) is 5.70. The second-order valence-corrected chi connectivity index (χ2v) is 1.97. The fraction of sp³-hybridized carbons (Fsp3) is 0.400. The van der Waals surface area contributed by atoms with Gasteiger partial charge in [-0.05, 0) is 0 Å². The van der Waals surface area contributed by atoms with Gasteiger partial charge in [-0.25, -0.2) is 4.79 Å². The van der Waals surface area contributed by atoms with E-state index in [4.69, 9.17) is 5.11 Å². The molecule has 0 spiro atoms. The molecule has 1 rings (SSSR count). The lowest BCUT2D eigenvalue weighted by molar-refractivity contribution is -0.167. The summed E-state index contributed by atoms with van der Waals surface area (Å²) in [5.74, 6) is -1.76. The van der Waals surface area contributed by atoms with E-state index in [-0.39, 0.29) is 0 Å². The molecule has 1 aliphatic rings. The number of carbonyl (C=O) groups is 3. The van der Waals surface area contributed by atoms with E-state index in [9.17, 15) is 14.4 Å². The molecule has 6 heteroatoms. The maximum absolute atomic E-state index is 10.6. The Balaban J connectivity index is 2.71. The molecule has 0 unspecified atom stereocenters. The van der Waals surface area contributed by atoms with Gasteiger partial charge < -0.3 is 10.4 Å². The third-order valence-corrected chi connectivity index (χ3v) is 1.33. The van der Waals surface area contributed by atoms with Gasteiger partial charge in [0.05, 0.1) is 0 Å². The molecule has 0 aromatic heterocycles. The normalized spacial score (nSPS) is 18.2. The highest BCUT2D eigenvalue weighted by Gasteiger charge is 2.49. The molecular formula is C5H6N2O4. The zero-order valence-electron chi connectivity index (χ0n) is 5.70. The number of aliphatic hydroxyl groups excluding tert-OH is 1. The van der Waals surface area contributed by atoms with Crippen molar-refractivity contribution in [3.8, 4) is 0 Å². The highest BCUT2D eigenvalue weighted by Crippen LogP contribution is 2.11. The number of nitrogens with zero attached hydrogens (tertiary/aromatic N) is 1. The number of amides is 4. The summed E-state index contributed by atoms with van der Waals surface area (Å²) in [6.07, 6.45) is -1.65. The van der Waals surface area contributed by atoms with Crippen LogP contribution in [0.1, 0.15) is 0 Å². The Morgan fingerprint density at radius 2 is 2.00 bits per heavy atom. The molecule has 6 nitrogen and oxygen atoms in total. The zero-order chi connectivity index (χ0) is 8.59. The first kappa shape index (κ1) is 7.67. The molecule has 0 aromatic rings. The predicted molar refractivity (Wildman–Crippen MR) is 32.3 cm³/mol. The number of hydrogen-bond donors (Lipinski definition) is 2. The minimum Gasteiger partial charge on any atom is -0.375 e. The molecule has 1 heterocycles. The van der Waals surface area contributed by atoms with Crippen molar-refractivity contribution < 1.29 is 19.5 Å². The van der Waals surface area contributed by atoms with Crippen LogP contribution in [-0.2, 0) is 9.59 Å². The van der Waals surface area contributed by atoms with Crippen LogP contribution in [0.4, 0.5) is 4.79 Å². The van der Waals surface area contributed by atoms with Gasteiger partial charge in [0.2, 0.25) is 6.10 Å². The predicted octanol–water partition coefficient (Wildman–Crippen LogP) is -1.94. The summed E-state index contributed by atoms with van der Waals surface area (Å²) in [6.45, 7) is 0. The molecule has 11 heavy (non-hydrogen) atoms. The molecular weight excluding hydrogens is 152 g/mol. The van der Waals surface area contributed by atoms with Crippen molar-refractivity contribution in [2.24, 2.45) is 0 Å². The van der Waals surface area contributed by atoms with E-state index in [0.29, 0.717) is 4.90 Å². The van der Waals surface area contributed by atoms with Crippen LogP contribution < -0.4 is 5.32 Å². The minimum absolute atomic E-state index is 0.352. The first-order chi connectivity index (χ1) is 5.09. The summed E-state index contributed by atoms with van der Waals surface area (Å²) in [4.78, 5) is 32.1. The van der Waals surface area contributed by atoms with Crippen molar-refractivity contribution >= 4 is 17.8 Å². The van der Waals surface area contributed by atoms with Crippen LogP contribution in [0.15, 0.2) is 0 Å². The highest BCUT2D eigenvalue weighted by molar-refractivity contribution is 6.28. The van der Waals surface area contributed by atoms with Crippen LogP contribution in [0.2, 0.25) is 0 Å². The SMILES string of the molecule is CNC(=O)N1C(=O)C(O)C1=O. The average molecular weight is 158 g/mol. The van der Waals surface area contributed by atoms with E-state index in [2.05, 4.69) is 5.32 Å². The first-order valence-corrected chi connectivity index (χ1v) is 2.87. The van der Waals surface area contributed by atoms with Gasteiger partial charge in [0.15, 0.2) is 0 Å². The Hall–Kier alpha value is -1.43. The van der Waals surface area contributed by atoms with E-state index in [1.165, 1.54) is 7.05 Å². The molecule has 0 bridgehead atoms. The highest BCUT2D eigenvalue weighted by atomic mass is 16.3. The van der Waals surface area contributed by atoms with Gasteiger partial charge in [-0.15, -0.1) is 0 Å². The molecule has 0 aromatic carbocycles. The van der Waals surface area contributed by atoms with Gasteiger partial charge in [-0.2, -0.15) is 4.90 Å². The summed E-state index contributed by atoms with van der Waals surface area (Å²) >= 11 is 0. The molecule has 1 aliphatic heterocycles. The quantitative estimate of drug-likeness (QED) is 0.317. The monoisotopic (exact) mass is 158 g/mol. The van der Waals surface area contributed by atoms with Crippen molar-refractivity contribution in [2.75, 3.05) is 7.05 Å². The van der Waals surface area contributed by atoms with Crippen molar-refractivity contribution in [3.05, 3.63) is 0 Å². The molecule has 2 N–H and O–H groups in total. The van der Waals surface area contributed by atoms with Crippen LogP contribution in [0.5, 0.6) is 0 Å². The number of carbonyl (C=O) groups excluding carboxylic acids is 3. The standard InChI is InChI=1S/C5H6N2O4/c1-6-5(11)7-3(9)2(8)4(7)10/h2,8H,1H3,(H,6,11). The fourth-order valence-corrected chi connectivity index (χ4v) is 0.705. The van der Waals surface area contributed by atoms with Crippen LogP contribution in [-0.4, -0.2) is 41.0 Å². The van der Waals surface area contributed by atoms with Crippen LogP contribution in [0, 0.1) is 0 Å². The van der Waals surface area contributed by atoms with Gasteiger partial charge in [0, 0.05) is 7.05 Å². The molecule has 1 fully saturated rings. The van der Waals surface area contributed by atoms with Gasteiger partial charge in [-0.3, -0.25) is 9.59 Å². The lowest BCUT2D eigenvalue weighted by Gasteiger charge is -2.29. The largest absolute Gasteiger partial charge is 0.375 e. The molecule has 0 aliphatic carbocycles. The lowest BCUT2D eigenvalue weighted by atomic mass is 10.1. The van der Waals surface area contributed by atoms with E-state index in [1.54, 1.807) is 0 Å². The summed E-state index contributed by atoms with van der Waals surface area (Å²) in [7, 11) is 1.29. The second kappa shape index (κ2) is 2.31. The number of rotatable bonds is 0. The van der Waals surface area contributed by atoms with E-state index in [0.717, 1.165) is 0 Å². The summed E-state index contributed by atoms with van der Waals surface area (Å²) in [5, 5.41) is 10.7. The number of imide groups is 3. The van der Waals surface area contributed by atoms with Gasteiger partial charge >= 0.3 is 6.03 Å². The van der Waals surface area contributed by atoms with Crippen LogP contribution in [0.25, 0.3) is 0 Å². The number of urea groups is 1. The fourth-order valence-electron chi connectivity index (χ4n) is 0.705. The van der Waals surface area contributed by atoms with E-state index in [1.807, 2.05) is 0 Å². The number of nitrogens with one attached hydrogen (secondary N) is 1. The minimum atomic E-state index is -1.65. The number of aliphatic hydroxyl groups is 1. The Morgan fingerprint density at radius 1 is 1.55 bits per heavy atom. The van der Waals surface area contributed by atoms with E-state index < -0.39 is 23.9 Å². The summed E-state index contributed by atoms with van der Waals surface area (Å²) in [5.41, 5.74) is 0. The first-order valence-electron chi connectivity index (χ1n) is 2.87. The maximum atomic E-state index is 10.6. The summed E-state index contributed by atoms with van der Waals surface area (Å²) in [6, 6.07) is -0.815. The van der Waals surface area contributed by atoms with E-state index >= 15 is 0 Å². The third-order valence-electron chi connectivity index (χ3n) is 1.33. The van der Waals surface area contributed by atoms with Crippen molar-refractivity contribution in [1.29, 1.82) is 0 Å². The van der Waals surface area contributed by atoms with Crippen LogP contribution in [0.3, 0.4) is 0 Å². The molecule has 1 saturated heterocycles. The number of β-lactam (4-membered cyclic amide) rings is 2. The van der Waals surface area contributed by atoms with Gasteiger partial charge in [0.1, 0.15) is 0 Å². The second-order valence-electron chi connectivity index (χ2n) is 1.97. The van der Waals surface area contributed by atoms with Crippen molar-refractivity contribution in [2.45, 2.75) is 6.10 Å². The molecule has 0 atom stereocenters. The smallest absolute Gasteiger partial charge is 0.330 e. The average Bonchev–Trinajstić information content (AvgIpc) is 2.04. The van der Waals surface area contributed by atoms with Crippen molar-refractivity contribution in [3.63, 3.8) is 0 Å². The number of hydrogen-bond acceptors (Lipinski definition) is 4. The Kier molecular flexibility index (Phi) is 1.61.